The highest BCUT2D eigenvalue weighted by Crippen LogP contribution is 2.34. The van der Waals surface area contributed by atoms with Gasteiger partial charge in [-0.2, -0.15) is 0 Å². The van der Waals surface area contributed by atoms with E-state index in [9.17, 15) is 4.79 Å². The first-order valence-electron chi connectivity index (χ1n) is 12.2. The Hall–Kier alpha value is -3.24. The Morgan fingerprint density at radius 3 is 2.46 bits per heavy atom. The summed E-state index contributed by atoms with van der Waals surface area (Å²) in [6, 6.07) is 14.3. The monoisotopic (exact) mass is 485 g/mol. The average molecular weight is 486 g/mol. The molecule has 0 aliphatic carbocycles. The largest absolute Gasteiger partial charge is 0.353 e. The van der Waals surface area contributed by atoms with Crippen molar-refractivity contribution < 1.29 is 4.79 Å². The normalized spacial score (nSPS) is 11.3. The Kier molecular flexibility index (Phi) is 7.51. The SMILES string of the molecule is CC(=O)c1cnc2ccc(-c3cc(C)c(C)c(Cl)c3)cc2c1Nc1ccc(CCCC(C)C)nc1. The lowest BCUT2D eigenvalue weighted by atomic mass is 9.97. The summed E-state index contributed by atoms with van der Waals surface area (Å²) in [6.45, 7) is 10.1. The van der Waals surface area contributed by atoms with Crippen LogP contribution in [0.1, 0.15) is 60.8 Å². The number of aryl methyl sites for hydroxylation is 2. The molecular weight excluding hydrogens is 454 g/mol. The molecule has 0 atom stereocenters. The molecule has 180 valence electrons. The lowest BCUT2D eigenvalue weighted by Crippen LogP contribution is -2.03. The van der Waals surface area contributed by atoms with Crippen LogP contribution >= 0.6 is 11.6 Å². The minimum absolute atomic E-state index is 0.0419. The molecule has 2 aromatic carbocycles. The first kappa shape index (κ1) is 24.9. The summed E-state index contributed by atoms with van der Waals surface area (Å²) in [5.74, 6) is 0.658. The van der Waals surface area contributed by atoms with E-state index in [2.05, 4.69) is 54.3 Å². The predicted molar refractivity (Wildman–Crippen MR) is 147 cm³/mol. The third-order valence-corrected chi connectivity index (χ3v) is 6.89. The van der Waals surface area contributed by atoms with Gasteiger partial charge in [-0.05, 0) is 92.1 Å². The molecule has 1 N–H and O–H groups in total. The number of hydrogen-bond donors (Lipinski definition) is 1. The molecule has 2 heterocycles. The summed E-state index contributed by atoms with van der Waals surface area (Å²) >= 11 is 6.48. The minimum atomic E-state index is -0.0419. The van der Waals surface area contributed by atoms with Crippen LogP contribution in [0, 0.1) is 19.8 Å². The molecule has 0 radical (unpaired) electrons. The number of nitrogens with one attached hydrogen (secondary N) is 1. The van der Waals surface area contributed by atoms with Crippen LogP contribution in [0.5, 0.6) is 0 Å². The average Bonchev–Trinajstić information content (AvgIpc) is 2.82. The van der Waals surface area contributed by atoms with Gasteiger partial charge in [-0.15, -0.1) is 0 Å². The molecule has 2 aromatic heterocycles. The molecule has 0 amide bonds. The molecule has 0 aliphatic rings. The molecule has 4 aromatic rings. The predicted octanol–water partition coefficient (Wildman–Crippen LogP) is 8.49. The summed E-state index contributed by atoms with van der Waals surface area (Å²) in [6.07, 6.45) is 6.78. The fraction of sp³-hybridized carbons (Fsp3) is 0.300. The Labute approximate surface area is 212 Å². The Bertz CT molecular complexity index is 1350. The van der Waals surface area contributed by atoms with Gasteiger partial charge in [0.15, 0.2) is 5.78 Å². The highest BCUT2D eigenvalue weighted by molar-refractivity contribution is 6.31. The van der Waals surface area contributed by atoms with Crippen molar-refractivity contribution in [2.75, 3.05) is 5.32 Å². The van der Waals surface area contributed by atoms with Crippen molar-refractivity contribution in [1.29, 1.82) is 0 Å². The molecule has 0 saturated carbocycles. The Morgan fingerprint density at radius 1 is 1.00 bits per heavy atom. The zero-order chi connectivity index (χ0) is 25.1. The maximum Gasteiger partial charge on any atom is 0.163 e. The smallest absolute Gasteiger partial charge is 0.163 e. The number of pyridine rings is 2. The number of rotatable bonds is 8. The summed E-state index contributed by atoms with van der Waals surface area (Å²) in [4.78, 5) is 21.7. The number of carbonyl (C=O) groups excluding carboxylic acids is 1. The molecule has 0 bridgehead atoms. The Balaban J connectivity index is 1.72. The molecule has 0 unspecified atom stereocenters. The molecule has 5 heteroatoms. The highest BCUT2D eigenvalue weighted by Gasteiger charge is 2.15. The van der Waals surface area contributed by atoms with E-state index in [0.29, 0.717) is 11.5 Å². The van der Waals surface area contributed by atoms with Crippen LogP contribution < -0.4 is 5.32 Å². The molecule has 0 aliphatic heterocycles. The van der Waals surface area contributed by atoms with Crippen LogP contribution in [0.25, 0.3) is 22.0 Å². The van der Waals surface area contributed by atoms with Gasteiger partial charge in [0.2, 0.25) is 0 Å². The zero-order valence-electron chi connectivity index (χ0n) is 21.1. The first-order chi connectivity index (χ1) is 16.7. The molecule has 35 heavy (non-hydrogen) atoms. The van der Waals surface area contributed by atoms with E-state index in [0.717, 1.165) is 68.1 Å². The number of carbonyl (C=O) groups is 1. The van der Waals surface area contributed by atoms with Crippen molar-refractivity contribution in [2.24, 2.45) is 5.92 Å². The van der Waals surface area contributed by atoms with Gasteiger partial charge in [0, 0.05) is 22.3 Å². The highest BCUT2D eigenvalue weighted by atomic mass is 35.5. The van der Waals surface area contributed by atoms with Crippen molar-refractivity contribution >= 4 is 39.7 Å². The van der Waals surface area contributed by atoms with Crippen molar-refractivity contribution in [3.8, 4) is 11.1 Å². The van der Waals surface area contributed by atoms with E-state index in [4.69, 9.17) is 11.6 Å². The van der Waals surface area contributed by atoms with Crippen molar-refractivity contribution in [1.82, 2.24) is 9.97 Å². The van der Waals surface area contributed by atoms with Crippen LogP contribution in [0.2, 0.25) is 5.02 Å². The molecular formula is C30H32ClN3O. The quantitative estimate of drug-likeness (QED) is 0.254. The number of fused-ring (bicyclic) bond motifs is 1. The van der Waals surface area contributed by atoms with E-state index >= 15 is 0 Å². The maximum absolute atomic E-state index is 12.5. The van der Waals surface area contributed by atoms with E-state index in [1.165, 1.54) is 6.42 Å². The standard InChI is InChI=1S/C30H32ClN3O/c1-18(2)7-6-8-24-10-11-25(16-32-24)34-30-26-14-22(23-13-19(3)20(4)28(31)15-23)9-12-29(26)33-17-27(30)21(5)35/h9-18H,6-8H2,1-5H3,(H,33,34). The summed E-state index contributed by atoms with van der Waals surface area (Å²) in [5.41, 5.74) is 8.30. The molecule has 4 nitrogen and oxygen atoms in total. The van der Waals surface area contributed by atoms with Crippen LogP contribution in [-0.4, -0.2) is 15.8 Å². The van der Waals surface area contributed by atoms with Gasteiger partial charge in [-0.1, -0.05) is 44.0 Å². The lowest BCUT2D eigenvalue weighted by molar-refractivity contribution is 0.101. The van der Waals surface area contributed by atoms with Crippen LogP contribution in [0.15, 0.2) is 54.9 Å². The maximum atomic E-state index is 12.5. The summed E-state index contributed by atoms with van der Waals surface area (Å²) < 4.78 is 0. The summed E-state index contributed by atoms with van der Waals surface area (Å²) in [5, 5.41) is 5.08. The number of Topliss-reactive ketones (excluding diaryl/α,β-unsaturated/α-hetero) is 1. The van der Waals surface area contributed by atoms with E-state index in [1.807, 2.05) is 37.4 Å². The number of anilines is 2. The molecule has 4 rings (SSSR count). The van der Waals surface area contributed by atoms with Gasteiger partial charge in [-0.3, -0.25) is 14.8 Å². The van der Waals surface area contributed by atoms with Crippen LogP contribution in [0.4, 0.5) is 11.4 Å². The second kappa shape index (κ2) is 10.6. The zero-order valence-corrected chi connectivity index (χ0v) is 21.8. The molecule has 0 fully saturated rings. The number of aromatic nitrogens is 2. The van der Waals surface area contributed by atoms with Gasteiger partial charge in [-0.25, -0.2) is 0 Å². The second-order valence-electron chi connectivity index (χ2n) is 9.68. The van der Waals surface area contributed by atoms with Crippen molar-refractivity contribution in [3.05, 3.63) is 82.3 Å². The fourth-order valence-corrected chi connectivity index (χ4v) is 4.51. The molecule has 0 saturated heterocycles. The van der Waals surface area contributed by atoms with Gasteiger partial charge in [0.05, 0.1) is 28.7 Å². The lowest BCUT2D eigenvalue weighted by Gasteiger charge is -2.15. The molecule has 0 spiro atoms. The third kappa shape index (κ3) is 5.71. The van der Waals surface area contributed by atoms with Crippen molar-refractivity contribution in [2.45, 2.75) is 53.9 Å². The number of halogens is 1. The van der Waals surface area contributed by atoms with E-state index in [1.54, 1.807) is 13.1 Å². The number of nitrogens with zero attached hydrogens (tertiary/aromatic N) is 2. The van der Waals surface area contributed by atoms with E-state index in [-0.39, 0.29) is 5.78 Å². The van der Waals surface area contributed by atoms with Crippen LogP contribution in [-0.2, 0) is 6.42 Å². The van der Waals surface area contributed by atoms with Crippen molar-refractivity contribution in [3.63, 3.8) is 0 Å². The van der Waals surface area contributed by atoms with Gasteiger partial charge >= 0.3 is 0 Å². The van der Waals surface area contributed by atoms with Gasteiger partial charge in [0.25, 0.3) is 0 Å². The van der Waals surface area contributed by atoms with Gasteiger partial charge in [0.1, 0.15) is 0 Å². The number of benzene rings is 2. The van der Waals surface area contributed by atoms with Crippen LogP contribution in [0.3, 0.4) is 0 Å². The van der Waals surface area contributed by atoms with Gasteiger partial charge < -0.3 is 5.32 Å². The number of ketones is 1. The number of hydrogen-bond acceptors (Lipinski definition) is 4. The topological polar surface area (TPSA) is 54.9 Å². The fourth-order valence-electron chi connectivity index (χ4n) is 4.24. The first-order valence-corrected chi connectivity index (χ1v) is 12.5. The third-order valence-electron chi connectivity index (χ3n) is 6.49. The summed E-state index contributed by atoms with van der Waals surface area (Å²) in [7, 11) is 0. The Morgan fingerprint density at radius 2 is 1.80 bits per heavy atom. The second-order valence-corrected chi connectivity index (χ2v) is 10.1. The minimum Gasteiger partial charge on any atom is -0.353 e. The van der Waals surface area contributed by atoms with E-state index < -0.39 is 0 Å².